The fourth-order valence-corrected chi connectivity index (χ4v) is 2.71. The highest BCUT2D eigenvalue weighted by atomic mass is 16.2. The normalized spacial score (nSPS) is 10.7. The first kappa shape index (κ1) is 16.9. The first-order chi connectivity index (χ1) is 12.0. The molecule has 25 heavy (non-hydrogen) atoms. The summed E-state index contributed by atoms with van der Waals surface area (Å²) in [6.45, 7) is 7.93. The third-order valence-corrected chi connectivity index (χ3v) is 4.34. The maximum atomic E-state index is 12.6. The minimum absolute atomic E-state index is 0.248. The summed E-state index contributed by atoms with van der Waals surface area (Å²) in [6.07, 6.45) is 0.986. The van der Waals surface area contributed by atoms with Crippen LogP contribution in [0.1, 0.15) is 39.8 Å². The monoisotopic (exact) mass is 334 g/mol. The Labute approximate surface area is 147 Å². The van der Waals surface area contributed by atoms with Crippen molar-refractivity contribution in [2.24, 2.45) is 0 Å². The van der Waals surface area contributed by atoms with E-state index in [0.717, 1.165) is 28.9 Å². The highest BCUT2D eigenvalue weighted by Crippen LogP contribution is 2.19. The van der Waals surface area contributed by atoms with Gasteiger partial charge in [-0.25, -0.2) is 4.68 Å². The lowest BCUT2D eigenvalue weighted by Crippen LogP contribution is -2.15. The molecular formula is C20H22N4O. The summed E-state index contributed by atoms with van der Waals surface area (Å²) in [5, 5.41) is 11.2. The fourth-order valence-electron chi connectivity index (χ4n) is 2.71. The lowest BCUT2D eigenvalue weighted by molar-refractivity contribution is 0.102. The van der Waals surface area contributed by atoms with Gasteiger partial charge in [-0.05, 0) is 62.1 Å². The summed E-state index contributed by atoms with van der Waals surface area (Å²) < 4.78 is 1.69. The summed E-state index contributed by atoms with van der Waals surface area (Å²) >= 11 is 0. The van der Waals surface area contributed by atoms with Crippen LogP contribution in [0.2, 0.25) is 0 Å². The molecular weight excluding hydrogens is 312 g/mol. The topological polar surface area (TPSA) is 59.8 Å². The van der Waals surface area contributed by atoms with E-state index < -0.39 is 0 Å². The standard InChI is InChI=1S/C20H22N4O/c1-5-16-8-10-17(11-9-16)24-15(4)19(22-23-24)20(25)21-18-12-13(2)6-7-14(18)3/h6-12H,5H2,1-4H3,(H,21,25). The van der Waals surface area contributed by atoms with E-state index in [1.165, 1.54) is 5.56 Å². The molecule has 0 spiro atoms. The predicted molar refractivity (Wildman–Crippen MR) is 99.3 cm³/mol. The first-order valence-electron chi connectivity index (χ1n) is 8.40. The number of aromatic nitrogens is 3. The second-order valence-electron chi connectivity index (χ2n) is 6.23. The van der Waals surface area contributed by atoms with Crippen LogP contribution in [0, 0.1) is 20.8 Å². The van der Waals surface area contributed by atoms with E-state index in [1.54, 1.807) is 4.68 Å². The van der Waals surface area contributed by atoms with E-state index in [0.29, 0.717) is 11.4 Å². The molecule has 0 fully saturated rings. The summed E-state index contributed by atoms with van der Waals surface area (Å²) in [5.74, 6) is -0.248. The van der Waals surface area contributed by atoms with Gasteiger partial charge < -0.3 is 5.32 Å². The maximum Gasteiger partial charge on any atom is 0.278 e. The van der Waals surface area contributed by atoms with E-state index in [9.17, 15) is 4.79 Å². The van der Waals surface area contributed by atoms with Crippen molar-refractivity contribution in [1.29, 1.82) is 0 Å². The molecule has 1 amide bonds. The van der Waals surface area contributed by atoms with Gasteiger partial charge in [0.2, 0.25) is 0 Å². The maximum absolute atomic E-state index is 12.6. The van der Waals surface area contributed by atoms with Gasteiger partial charge >= 0.3 is 0 Å². The van der Waals surface area contributed by atoms with E-state index >= 15 is 0 Å². The van der Waals surface area contributed by atoms with Crippen molar-refractivity contribution >= 4 is 11.6 Å². The highest BCUT2D eigenvalue weighted by molar-refractivity contribution is 6.04. The van der Waals surface area contributed by atoms with Crippen LogP contribution in [0.3, 0.4) is 0 Å². The van der Waals surface area contributed by atoms with Crippen molar-refractivity contribution < 1.29 is 4.79 Å². The number of aryl methyl sites for hydroxylation is 3. The average Bonchev–Trinajstić information content (AvgIpc) is 3.00. The number of hydrogen-bond acceptors (Lipinski definition) is 3. The van der Waals surface area contributed by atoms with Gasteiger partial charge in [-0.1, -0.05) is 36.4 Å². The van der Waals surface area contributed by atoms with Gasteiger partial charge in [0.15, 0.2) is 5.69 Å². The Morgan fingerprint density at radius 2 is 1.80 bits per heavy atom. The molecule has 0 unspecified atom stereocenters. The van der Waals surface area contributed by atoms with Crippen molar-refractivity contribution in [1.82, 2.24) is 15.0 Å². The van der Waals surface area contributed by atoms with Crippen LogP contribution in [0.5, 0.6) is 0 Å². The third kappa shape index (κ3) is 3.45. The largest absolute Gasteiger partial charge is 0.320 e. The Kier molecular flexibility index (Phi) is 4.65. The van der Waals surface area contributed by atoms with Gasteiger partial charge in [0, 0.05) is 5.69 Å². The first-order valence-corrected chi connectivity index (χ1v) is 8.40. The number of anilines is 1. The van der Waals surface area contributed by atoms with E-state index in [2.05, 4.69) is 34.7 Å². The van der Waals surface area contributed by atoms with Crippen LogP contribution in [-0.4, -0.2) is 20.9 Å². The molecule has 0 bridgehead atoms. The van der Waals surface area contributed by atoms with Crippen LogP contribution in [0.15, 0.2) is 42.5 Å². The number of amides is 1. The zero-order valence-corrected chi connectivity index (χ0v) is 15.0. The van der Waals surface area contributed by atoms with Gasteiger partial charge in [-0.3, -0.25) is 4.79 Å². The second kappa shape index (κ2) is 6.89. The molecule has 0 aliphatic carbocycles. The smallest absolute Gasteiger partial charge is 0.278 e. The van der Waals surface area contributed by atoms with Gasteiger partial charge in [-0.2, -0.15) is 0 Å². The summed E-state index contributed by atoms with van der Waals surface area (Å²) in [7, 11) is 0. The van der Waals surface area contributed by atoms with Crippen molar-refractivity contribution in [2.75, 3.05) is 5.32 Å². The molecule has 0 aliphatic heterocycles. The average molecular weight is 334 g/mol. The molecule has 5 nitrogen and oxygen atoms in total. The van der Waals surface area contributed by atoms with E-state index in [1.807, 2.05) is 51.1 Å². The Morgan fingerprint density at radius 3 is 2.48 bits per heavy atom. The third-order valence-electron chi connectivity index (χ3n) is 4.34. The Hall–Kier alpha value is -2.95. The SMILES string of the molecule is CCc1ccc(-n2nnc(C(=O)Nc3cc(C)ccc3C)c2C)cc1. The number of nitrogens with zero attached hydrogens (tertiary/aromatic N) is 3. The van der Waals surface area contributed by atoms with Gasteiger partial charge in [-0.15, -0.1) is 5.10 Å². The van der Waals surface area contributed by atoms with E-state index in [4.69, 9.17) is 0 Å². The molecule has 0 atom stereocenters. The summed E-state index contributed by atoms with van der Waals surface area (Å²) in [4.78, 5) is 12.6. The molecule has 3 rings (SSSR count). The minimum Gasteiger partial charge on any atom is -0.320 e. The fraction of sp³-hybridized carbons (Fsp3) is 0.250. The lowest BCUT2D eigenvalue weighted by atomic mass is 10.1. The van der Waals surface area contributed by atoms with Crippen molar-refractivity contribution in [2.45, 2.75) is 34.1 Å². The van der Waals surface area contributed by atoms with Crippen molar-refractivity contribution in [3.05, 3.63) is 70.5 Å². The van der Waals surface area contributed by atoms with Gasteiger partial charge in [0.25, 0.3) is 5.91 Å². The molecule has 3 aromatic rings. The van der Waals surface area contributed by atoms with Crippen molar-refractivity contribution in [3.63, 3.8) is 0 Å². The zero-order valence-electron chi connectivity index (χ0n) is 15.0. The minimum atomic E-state index is -0.248. The number of nitrogens with one attached hydrogen (secondary N) is 1. The Bertz CT molecular complexity index is 910. The Morgan fingerprint density at radius 1 is 1.08 bits per heavy atom. The number of rotatable bonds is 4. The molecule has 128 valence electrons. The van der Waals surface area contributed by atoms with Crippen molar-refractivity contribution in [3.8, 4) is 5.69 Å². The van der Waals surface area contributed by atoms with Crippen LogP contribution >= 0.6 is 0 Å². The molecule has 0 saturated carbocycles. The van der Waals surface area contributed by atoms with Gasteiger partial charge in [0.05, 0.1) is 11.4 Å². The molecule has 0 radical (unpaired) electrons. The predicted octanol–water partition coefficient (Wildman–Crippen LogP) is 4.01. The lowest BCUT2D eigenvalue weighted by Gasteiger charge is -2.09. The van der Waals surface area contributed by atoms with Crippen LogP contribution < -0.4 is 5.32 Å². The number of benzene rings is 2. The number of carbonyl (C=O) groups excluding carboxylic acids is 1. The summed E-state index contributed by atoms with van der Waals surface area (Å²) in [5.41, 5.74) is 6.11. The Balaban J connectivity index is 1.87. The second-order valence-corrected chi connectivity index (χ2v) is 6.23. The van der Waals surface area contributed by atoms with Gasteiger partial charge in [0.1, 0.15) is 0 Å². The van der Waals surface area contributed by atoms with Crippen LogP contribution in [-0.2, 0) is 6.42 Å². The summed E-state index contributed by atoms with van der Waals surface area (Å²) in [6, 6.07) is 14.1. The molecule has 1 aromatic heterocycles. The molecule has 1 heterocycles. The highest BCUT2D eigenvalue weighted by Gasteiger charge is 2.18. The molecule has 0 aliphatic rings. The number of carbonyl (C=O) groups is 1. The molecule has 2 aromatic carbocycles. The molecule has 0 saturated heterocycles. The molecule has 1 N–H and O–H groups in total. The quantitative estimate of drug-likeness (QED) is 0.784. The zero-order chi connectivity index (χ0) is 18.0. The van der Waals surface area contributed by atoms with E-state index in [-0.39, 0.29) is 5.91 Å². The van der Waals surface area contributed by atoms with Crippen LogP contribution in [0.25, 0.3) is 5.69 Å². The number of hydrogen-bond donors (Lipinski definition) is 1. The molecule has 5 heteroatoms. The van der Waals surface area contributed by atoms with Crippen LogP contribution in [0.4, 0.5) is 5.69 Å².